The van der Waals surface area contributed by atoms with Gasteiger partial charge in [0.05, 0.1) is 29.2 Å². The molecular weight excluding hydrogens is 306 g/mol. The zero-order valence-corrected chi connectivity index (χ0v) is 13.0. The first kappa shape index (κ1) is 15.3. The van der Waals surface area contributed by atoms with Gasteiger partial charge >= 0.3 is 0 Å². The molecule has 118 valence electrons. The third kappa shape index (κ3) is 2.95. The zero-order valence-electron chi connectivity index (χ0n) is 12.2. The minimum Gasteiger partial charge on any atom is -0.388 e. The summed E-state index contributed by atoms with van der Waals surface area (Å²) in [4.78, 5) is 21.3. The molecule has 0 bridgehead atoms. The zero-order chi connectivity index (χ0) is 15.9. The molecule has 1 fully saturated rings. The fourth-order valence-electron chi connectivity index (χ4n) is 2.62. The number of amides is 1. The van der Waals surface area contributed by atoms with Gasteiger partial charge in [0.2, 0.25) is 5.91 Å². The van der Waals surface area contributed by atoms with E-state index in [2.05, 4.69) is 9.97 Å². The molecule has 0 unspecified atom stereocenters. The average molecular weight is 324 g/mol. The first-order valence-corrected chi connectivity index (χ1v) is 7.55. The van der Waals surface area contributed by atoms with Crippen LogP contribution >= 0.6 is 11.6 Å². The molecule has 1 saturated heterocycles. The lowest BCUT2D eigenvalue weighted by atomic mass is 9.90. The van der Waals surface area contributed by atoms with Crippen LogP contribution in [0.1, 0.15) is 19.2 Å². The van der Waals surface area contributed by atoms with Gasteiger partial charge in [-0.3, -0.25) is 4.79 Å². The molecule has 7 heteroatoms. The van der Waals surface area contributed by atoms with E-state index in [0.29, 0.717) is 23.8 Å². The van der Waals surface area contributed by atoms with Crippen LogP contribution in [0.15, 0.2) is 18.2 Å². The summed E-state index contributed by atoms with van der Waals surface area (Å²) in [5, 5.41) is 20.4. The van der Waals surface area contributed by atoms with E-state index in [1.807, 2.05) is 0 Å². The van der Waals surface area contributed by atoms with Gasteiger partial charge in [-0.25, -0.2) is 4.98 Å². The monoisotopic (exact) mass is 323 g/mol. The number of β-amino-alcohol motifs (C(OH)–C–C–N with tert-alkyl or cyclic N) is 1. The van der Waals surface area contributed by atoms with Crippen molar-refractivity contribution in [3.8, 4) is 0 Å². The van der Waals surface area contributed by atoms with E-state index in [9.17, 15) is 15.0 Å². The molecule has 2 atom stereocenters. The van der Waals surface area contributed by atoms with Gasteiger partial charge in [0, 0.05) is 18.1 Å². The molecule has 6 nitrogen and oxygen atoms in total. The Morgan fingerprint density at radius 1 is 1.59 bits per heavy atom. The Kier molecular flexibility index (Phi) is 3.84. The number of piperidine rings is 1. The van der Waals surface area contributed by atoms with Gasteiger partial charge in [-0.15, -0.1) is 0 Å². The number of carbonyl (C=O) groups excluding carboxylic acids is 1. The summed E-state index contributed by atoms with van der Waals surface area (Å²) in [6, 6.07) is 5.31. The number of H-pyrrole nitrogens is 1. The quantitative estimate of drug-likeness (QED) is 0.772. The second kappa shape index (κ2) is 5.53. The normalized spacial score (nSPS) is 25.6. The van der Waals surface area contributed by atoms with E-state index in [-0.39, 0.29) is 18.9 Å². The largest absolute Gasteiger partial charge is 0.388 e. The molecular formula is C15H18ClN3O3. The Hall–Kier alpha value is -1.63. The average Bonchev–Trinajstić information content (AvgIpc) is 2.83. The van der Waals surface area contributed by atoms with Gasteiger partial charge in [0.15, 0.2) is 0 Å². The van der Waals surface area contributed by atoms with E-state index in [1.54, 1.807) is 30.0 Å². The molecule has 3 rings (SSSR count). The third-order valence-corrected chi connectivity index (χ3v) is 4.40. The smallest absolute Gasteiger partial charge is 0.230 e. The van der Waals surface area contributed by atoms with Crippen molar-refractivity contribution in [1.82, 2.24) is 14.9 Å². The summed E-state index contributed by atoms with van der Waals surface area (Å²) in [6.45, 7) is 2.15. The van der Waals surface area contributed by atoms with Gasteiger partial charge < -0.3 is 20.1 Å². The number of hydrogen-bond acceptors (Lipinski definition) is 4. The molecule has 1 aromatic carbocycles. The lowest BCUT2D eigenvalue weighted by Gasteiger charge is -2.39. The molecule has 0 aliphatic carbocycles. The summed E-state index contributed by atoms with van der Waals surface area (Å²) in [5.41, 5.74) is 0.415. The fraction of sp³-hybridized carbons (Fsp3) is 0.467. The second-order valence-corrected chi connectivity index (χ2v) is 6.42. The number of aliphatic hydroxyl groups is 2. The van der Waals surface area contributed by atoms with Crippen LogP contribution < -0.4 is 0 Å². The Morgan fingerprint density at radius 3 is 3.09 bits per heavy atom. The summed E-state index contributed by atoms with van der Waals surface area (Å²) < 4.78 is 0. The number of aliphatic hydroxyl groups excluding tert-OH is 1. The van der Waals surface area contributed by atoms with Gasteiger partial charge in [-0.2, -0.15) is 0 Å². The molecule has 0 radical (unpaired) electrons. The molecule has 2 aromatic rings. The number of hydrogen-bond donors (Lipinski definition) is 3. The van der Waals surface area contributed by atoms with Crippen LogP contribution in [-0.2, 0) is 11.2 Å². The van der Waals surface area contributed by atoms with Crippen LogP contribution in [0.2, 0.25) is 5.02 Å². The first-order valence-electron chi connectivity index (χ1n) is 7.17. The third-order valence-electron chi connectivity index (χ3n) is 4.16. The van der Waals surface area contributed by atoms with Crippen LogP contribution in [0.3, 0.4) is 0 Å². The molecule has 3 N–H and O–H groups in total. The van der Waals surface area contributed by atoms with Crippen molar-refractivity contribution in [1.29, 1.82) is 0 Å². The Balaban J connectivity index is 1.71. The van der Waals surface area contributed by atoms with Crippen LogP contribution in [0.5, 0.6) is 0 Å². The van der Waals surface area contributed by atoms with Crippen molar-refractivity contribution < 1.29 is 15.0 Å². The molecule has 2 heterocycles. The van der Waals surface area contributed by atoms with E-state index < -0.39 is 11.7 Å². The number of rotatable bonds is 2. The summed E-state index contributed by atoms with van der Waals surface area (Å²) in [6.07, 6.45) is -0.448. The van der Waals surface area contributed by atoms with Gasteiger partial charge in [0.25, 0.3) is 0 Å². The van der Waals surface area contributed by atoms with Crippen molar-refractivity contribution in [2.75, 3.05) is 13.1 Å². The Bertz CT molecular complexity index is 713. The van der Waals surface area contributed by atoms with E-state index >= 15 is 0 Å². The molecule has 1 amide bonds. The van der Waals surface area contributed by atoms with Crippen LogP contribution in [0.25, 0.3) is 11.0 Å². The number of likely N-dealkylation sites (tertiary alicyclic amines) is 1. The van der Waals surface area contributed by atoms with Crippen molar-refractivity contribution in [2.45, 2.75) is 31.5 Å². The number of aromatic nitrogens is 2. The van der Waals surface area contributed by atoms with Crippen molar-refractivity contribution in [2.24, 2.45) is 0 Å². The highest BCUT2D eigenvalue weighted by molar-refractivity contribution is 6.31. The number of halogens is 1. The number of fused-ring (bicyclic) bond motifs is 1. The number of imidazole rings is 1. The number of nitrogens with zero attached hydrogens (tertiary/aromatic N) is 2. The standard InChI is InChI=1S/C15H18ClN3O3/c1-15(22)4-5-19(8-12(15)20)14(21)7-13-17-10-3-2-9(16)6-11(10)18-13/h2-3,6,12,20,22H,4-5,7-8H2,1H3,(H,17,18)/t12-,15+/m0/s1. The first-order chi connectivity index (χ1) is 10.3. The number of benzene rings is 1. The molecule has 0 spiro atoms. The second-order valence-electron chi connectivity index (χ2n) is 5.98. The van der Waals surface area contributed by atoms with Crippen molar-refractivity contribution >= 4 is 28.5 Å². The number of nitrogens with one attached hydrogen (secondary N) is 1. The highest BCUT2D eigenvalue weighted by atomic mass is 35.5. The van der Waals surface area contributed by atoms with Gasteiger partial charge in [-0.1, -0.05) is 11.6 Å². The molecule has 1 aliphatic heterocycles. The van der Waals surface area contributed by atoms with E-state index in [4.69, 9.17) is 11.6 Å². The minimum atomic E-state index is -1.13. The van der Waals surface area contributed by atoms with E-state index in [0.717, 1.165) is 11.0 Å². The van der Waals surface area contributed by atoms with E-state index in [1.165, 1.54) is 0 Å². The molecule has 1 aromatic heterocycles. The SMILES string of the molecule is C[C@@]1(O)CCN(C(=O)Cc2nc3ccc(Cl)cc3[nH]2)C[C@@H]1O. The summed E-state index contributed by atoms with van der Waals surface area (Å²) in [7, 11) is 0. The highest BCUT2D eigenvalue weighted by Crippen LogP contribution is 2.23. The Labute approximate surface area is 132 Å². The highest BCUT2D eigenvalue weighted by Gasteiger charge is 2.37. The van der Waals surface area contributed by atoms with Crippen molar-refractivity contribution in [3.63, 3.8) is 0 Å². The fourth-order valence-corrected chi connectivity index (χ4v) is 2.80. The van der Waals surface area contributed by atoms with Crippen molar-refractivity contribution in [3.05, 3.63) is 29.0 Å². The maximum atomic E-state index is 12.3. The van der Waals surface area contributed by atoms with Crippen LogP contribution in [-0.4, -0.2) is 55.8 Å². The molecule has 22 heavy (non-hydrogen) atoms. The maximum absolute atomic E-state index is 12.3. The molecule has 1 aliphatic rings. The number of carbonyl (C=O) groups is 1. The predicted octanol–water partition coefficient (Wildman–Crippen LogP) is 1.10. The van der Waals surface area contributed by atoms with Crippen LogP contribution in [0.4, 0.5) is 0 Å². The minimum absolute atomic E-state index is 0.125. The summed E-state index contributed by atoms with van der Waals surface area (Å²) >= 11 is 5.92. The topological polar surface area (TPSA) is 89.5 Å². The Morgan fingerprint density at radius 2 is 2.36 bits per heavy atom. The predicted molar refractivity (Wildman–Crippen MR) is 82.6 cm³/mol. The summed E-state index contributed by atoms with van der Waals surface area (Å²) in [5.74, 6) is 0.439. The number of aromatic amines is 1. The molecule has 0 saturated carbocycles. The van der Waals surface area contributed by atoms with Gasteiger partial charge in [0.1, 0.15) is 5.82 Å². The van der Waals surface area contributed by atoms with Gasteiger partial charge in [-0.05, 0) is 31.5 Å². The maximum Gasteiger partial charge on any atom is 0.230 e. The lowest BCUT2D eigenvalue weighted by Crippen LogP contribution is -2.55. The lowest BCUT2D eigenvalue weighted by molar-refractivity contribution is -0.145. The van der Waals surface area contributed by atoms with Crippen LogP contribution in [0, 0.1) is 0 Å².